The second-order valence-corrected chi connectivity index (χ2v) is 1.02. The maximum atomic E-state index is 7.89. The number of hydrogen-bond acceptors (Lipinski definition) is 2. The summed E-state index contributed by atoms with van der Waals surface area (Å²) in [6.45, 7) is 1.98. The Kier molecular flexibility index (Phi) is 5.22. The lowest BCUT2D eigenvalue weighted by Gasteiger charge is -1.84. The largest absolute Gasteiger partial charge is 0.568 e. The molecule has 0 heterocycles. The molecular formula is C4H8BO2. The molecule has 0 unspecified atom stereocenters. The zero-order chi connectivity index (χ0) is 5.54. The van der Waals surface area contributed by atoms with Gasteiger partial charge in [0, 0.05) is 0 Å². The summed E-state index contributed by atoms with van der Waals surface area (Å²) in [4.78, 5) is 0. The molecule has 0 fully saturated rings. The van der Waals surface area contributed by atoms with Crippen LogP contribution >= 0.6 is 0 Å². The summed E-state index contributed by atoms with van der Waals surface area (Å²) < 4.78 is 4.32. The molecule has 0 rings (SSSR count). The average Bonchev–Trinajstić information content (AvgIpc) is 1.69. The van der Waals surface area contributed by atoms with Gasteiger partial charge in [-0.3, -0.25) is 0 Å². The van der Waals surface area contributed by atoms with Gasteiger partial charge in [-0.05, 0) is 6.42 Å². The van der Waals surface area contributed by atoms with Gasteiger partial charge in [-0.2, -0.15) is 0 Å². The van der Waals surface area contributed by atoms with E-state index in [9.17, 15) is 0 Å². The van der Waals surface area contributed by atoms with Crippen molar-refractivity contribution in [3.63, 3.8) is 0 Å². The van der Waals surface area contributed by atoms with Gasteiger partial charge >= 0.3 is 7.69 Å². The van der Waals surface area contributed by atoms with Crippen molar-refractivity contribution in [3.05, 3.63) is 12.3 Å². The molecule has 7 heavy (non-hydrogen) atoms. The van der Waals surface area contributed by atoms with Gasteiger partial charge in [0.1, 0.15) is 0 Å². The zero-order valence-corrected chi connectivity index (χ0v) is 4.29. The highest BCUT2D eigenvalue weighted by molar-refractivity contribution is 6.16. The van der Waals surface area contributed by atoms with Crippen molar-refractivity contribution in [3.8, 4) is 0 Å². The van der Waals surface area contributed by atoms with Gasteiger partial charge in [-0.15, -0.1) is 0 Å². The van der Waals surface area contributed by atoms with E-state index in [4.69, 9.17) is 5.02 Å². The Bertz CT molecular complexity index is 53.7. The van der Waals surface area contributed by atoms with E-state index in [2.05, 4.69) is 4.65 Å². The fraction of sp³-hybridized carbons (Fsp3) is 0.500. The Labute approximate surface area is 44.1 Å². The van der Waals surface area contributed by atoms with Gasteiger partial charge in [-0.1, -0.05) is 13.0 Å². The van der Waals surface area contributed by atoms with E-state index in [-0.39, 0.29) is 0 Å². The van der Waals surface area contributed by atoms with Gasteiger partial charge < -0.3 is 9.68 Å². The maximum absolute atomic E-state index is 7.89. The van der Waals surface area contributed by atoms with E-state index >= 15 is 0 Å². The lowest BCUT2D eigenvalue weighted by molar-refractivity contribution is 0.405. The predicted molar refractivity (Wildman–Crippen MR) is 28.5 cm³/mol. The van der Waals surface area contributed by atoms with Crippen molar-refractivity contribution in [2.24, 2.45) is 0 Å². The lowest BCUT2D eigenvalue weighted by atomic mass is 10.4. The highest BCUT2D eigenvalue weighted by Gasteiger charge is 1.74. The molecule has 0 bridgehead atoms. The van der Waals surface area contributed by atoms with Crippen LogP contribution in [0.25, 0.3) is 0 Å². The molecule has 2 nitrogen and oxygen atoms in total. The standard InChI is InChI=1S/C4H8BO2/c1-2-3-4-7-5-6/h3-4,6H,2H2,1H3/b4-3+. The Morgan fingerprint density at radius 2 is 2.57 bits per heavy atom. The van der Waals surface area contributed by atoms with Crippen molar-refractivity contribution >= 4 is 7.69 Å². The van der Waals surface area contributed by atoms with Crippen LogP contribution in [0.5, 0.6) is 0 Å². The van der Waals surface area contributed by atoms with E-state index in [0.717, 1.165) is 6.42 Å². The molecule has 0 aliphatic heterocycles. The molecule has 3 heteroatoms. The number of hydrogen-bond donors (Lipinski definition) is 1. The molecule has 0 spiro atoms. The van der Waals surface area contributed by atoms with Crippen LogP contribution in [0.3, 0.4) is 0 Å². The van der Waals surface area contributed by atoms with E-state index < -0.39 is 0 Å². The molecule has 0 amide bonds. The van der Waals surface area contributed by atoms with Crippen LogP contribution < -0.4 is 0 Å². The second kappa shape index (κ2) is 5.56. The SMILES string of the molecule is CC/C=C/O[B]O. The van der Waals surface area contributed by atoms with E-state index in [0.29, 0.717) is 7.69 Å². The molecule has 1 radical (unpaired) electrons. The first kappa shape index (κ1) is 6.56. The summed E-state index contributed by atoms with van der Waals surface area (Å²) in [6.07, 6.45) is 4.15. The van der Waals surface area contributed by atoms with Gasteiger partial charge in [0.05, 0.1) is 6.26 Å². The molecule has 0 saturated heterocycles. The molecule has 0 aromatic rings. The predicted octanol–water partition coefficient (Wildman–Crippen LogP) is 0.453. The first-order valence-electron chi connectivity index (χ1n) is 2.18. The van der Waals surface area contributed by atoms with Gasteiger partial charge in [0.25, 0.3) is 0 Å². The molecule has 0 aromatic heterocycles. The van der Waals surface area contributed by atoms with E-state index in [1.54, 1.807) is 6.08 Å². The quantitative estimate of drug-likeness (QED) is 0.411. The third-order valence-electron chi connectivity index (χ3n) is 0.471. The molecule has 0 atom stereocenters. The zero-order valence-electron chi connectivity index (χ0n) is 4.29. The lowest BCUT2D eigenvalue weighted by Crippen LogP contribution is -1.86. The molecule has 0 aromatic carbocycles. The molecule has 1 N–H and O–H groups in total. The van der Waals surface area contributed by atoms with Crippen molar-refractivity contribution < 1.29 is 9.68 Å². The van der Waals surface area contributed by atoms with Gasteiger partial charge in [0.2, 0.25) is 0 Å². The first-order chi connectivity index (χ1) is 3.41. The minimum absolute atomic E-state index is 0.645. The Balaban J connectivity index is 2.78. The van der Waals surface area contributed by atoms with Gasteiger partial charge in [0.15, 0.2) is 0 Å². The van der Waals surface area contributed by atoms with Crippen LogP contribution in [-0.4, -0.2) is 12.7 Å². The monoisotopic (exact) mass is 99.1 g/mol. The summed E-state index contributed by atoms with van der Waals surface area (Å²) in [6, 6.07) is 0. The molecule has 39 valence electrons. The van der Waals surface area contributed by atoms with Crippen LogP contribution in [0.2, 0.25) is 0 Å². The number of rotatable bonds is 3. The topological polar surface area (TPSA) is 29.5 Å². The van der Waals surface area contributed by atoms with E-state index in [1.807, 2.05) is 6.92 Å². The minimum atomic E-state index is 0.645. The van der Waals surface area contributed by atoms with E-state index in [1.165, 1.54) is 6.26 Å². The van der Waals surface area contributed by atoms with Crippen LogP contribution in [0.1, 0.15) is 13.3 Å². The van der Waals surface area contributed by atoms with Crippen LogP contribution in [-0.2, 0) is 4.65 Å². The second-order valence-electron chi connectivity index (χ2n) is 1.02. The minimum Gasteiger partial charge on any atom is -0.544 e. The third kappa shape index (κ3) is 5.56. The summed E-state index contributed by atoms with van der Waals surface area (Å²) >= 11 is 0. The van der Waals surface area contributed by atoms with Crippen LogP contribution in [0.15, 0.2) is 12.3 Å². The fourth-order valence-electron chi connectivity index (χ4n) is 0.187. The smallest absolute Gasteiger partial charge is 0.544 e. The highest BCUT2D eigenvalue weighted by atomic mass is 16.5. The third-order valence-corrected chi connectivity index (χ3v) is 0.471. The van der Waals surface area contributed by atoms with Crippen LogP contribution in [0, 0.1) is 0 Å². The number of allylic oxidation sites excluding steroid dienone is 1. The normalized spacial score (nSPS) is 9.43. The first-order valence-corrected chi connectivity index (χ1v) is 2.18. The van der Waals surface area contributed by atoms with Crippen molar-refractivity contribution in [2.75, 3.05) is 0 Å². The Morgan fingerprint density at radius 3 is 3.00 bits per heavy atom. The Hall–Kier alpha value is -0.435. The van der Waals surface area contributed by atoms with Crippen molar-refractivity contribution in [1.29, 1.82) is 0 Å². The summed E-state index contributed by atoms with van der Waals surface area (Å²) in [5.74, 6) is 0. The van der Waals surface area contributed by atoms with Crippen LogP contribution in [0.4, 0.5) is 0 Å². The molecule has 0 aliphatic rings. The molecule has 0 aliphatic carbocycles. The maximum Gasteiger partial charge on any atom is 0.568 e. The molecule has 0 saturated carbocycles. The highest BCUT2D eigenvalue weighted by Crippen LogP contribution is 1.77. The Morgan fingerprint density at radius 1 is 1.86 bits per heavy atom. The average molecular weight is 98.9 g/mol. The fourth-order valence-corrected chi connectivity index (χ4v) is 0.187. The van der Waals surface area contributed by atoms with Crippen molar-refractivity contribution in [1.82, 2.24) is 0 Å². The van der Waals surface area contributed by atoms with Gasteiger partial charge in [-0.25, -0.2) is 0 Å². The molecular weight excluding hydrogens is 90.9 g/mol. The summed E-state index contributed by atoms with van der Waals surface area (Å²) in [5, 5.41) is 7.89. The van der Waals surface area contributed by atoms with Crippen molar-refractivity contribution in [2.45, 2.75) is 13.3 Å². The summed E-state index contributed by atoms with van der Waals surface area (Å²) in [7, 11) is 0.645. The summed E-state index contributed by atoms with van der Waals surface area (Å²) in [5.41, 5.74) is 0.